The fourth-order valence-corrected chi connectivity index (χ4v) is 7.23. The zero-order valence-corrected chi connectivity index (χ0v) is 22.6. The van der Waals surface area contributed by atoms with Crippen LogP contribution in [0.15, 0.2) is 5.16 Å². The molecule has 4 aliphatic rings. The predicted molar refractivity (Wildman–Crippen MR) is 136 cm³/mol. The maximum Gasteiger partial charge on any atom is 0.262 e. The molecule has 10 nitrogen and oxygen atoms in total. The topological polar surface area (TPSA) is 116 Å². The minimum atomic E-state index is -0.906. The lowest BCUT2D eigenvalue weighted by atomic mass is 9.57. The average molecular weight is 537 g/mol. The second-order valence-electron chi connectivity index (χ2n) is 10.7. The molecule has 1 unspecified atom stereocenters. The molecule has 5 rings (SSSR count). The van der Waals surface area contributed by atoms with Gasteiger partial charge in [0.15, 0.2) is 22.5 Å². The van der Waals surface area contributed by atoms with Gasteiger partial charge in [0, 0.05) is 12.5 Å². The van der Waals surface area contributed by atoms with Crippen LogP contribution in [0.25, 0.3) is 0 Å². The van der Waals surface area contributed by atoms with Gasteiger partial charge in [-0.3, -0.25) is 9.69 Å². The summed E-state index contributed by atoms with van der Waals surface area (Å²) in [6.45, 7) is 3.95. The van der Waals surface area contributed by atoms with E-state index in [0.717, 1.165) is 38.6 Å². The van der Waals surface area contributed by atoms with Gasteiger partial charge >= 0.3 is 0 Å². The number of methoxy groups -OCH3 is 1. The number of carbonyl (C=O) groups excluding carboxylic acids is 1. The second kappa shape index (κ2) is 10.6. The summed E-state index contributed by atoms with van der Waals surface area (Å²) in [5.74, 6) is -1.22. The number of rotatable bonds is 6. The van der Waals surface area contributed by atoms with Gasteiger partial charge in [0.2, 0.25) is 5.75 Å². The van der Waals surface area contributed by atoms with Gasteiger partial charge in [0.05, 0.1) is 31.7 Å². The first-order valence-corrected chi connectivity index (χ1v) is 13.8. The van der Waals surface area contributed by atoms with Gasteiger partial charge in [-0.05, 0) is 59.0 Å². The number of fused-ring (bicyclic) bond motifs is 1. The number of oxime groups is 1. The standard InChI is InChI=1S/C26H37ClN4O6/c1-16(18-9-7-13-31(18)2)37-24-20(34-3)22(27)28-23(29-24)19(30-33)17-8-6-11-25(21(17)32)10-4-5-12-26(25)35-14-15-36-26/h16-18,33H,4-15H2,1-3H3/b30-19+/t16-,17?,18-,25-/m0/s1. The maximum absolute atomic E-state index is 14.2. The fourth-order valence-electron chi connectivity index (χ4n) is 7.00. The Bertz CT molecular complexity index is 1040. The summed E-state index contributed by atoms with van der Waals surface area (Å²) >= 11 is 6.50. The molecule has 204 valence electrons. The van der Waals surface area contributed by atoms with Crippen LogP contribution in [0.2, 0.25) is 5.15 Å². The Kier molecular flexibility index (Phi) is 7.64. The number of halogens is 1. The molecule has 2 aliphatic carbocycles. The highest BCUT2D eigenvalue weighted by molar-refractivity contribution is 6.31. The maximum atomic E-state index is 14.2. The number of hydrogen-bond acceptors (Lipinski definition) is 10. The molecule has 37 heavy (non-hydrogen) atoms. The van der Waals surface area contributed by atoms with E-state index in [-0.39, 0.29) is 46.2 Å². The van der Waals surface area contributed by atoms with Crippen LogP contribution >= 0.6 is 11.6 Å². The molecule has 2 saturated heterocycles. The summed E-state index contributed by atoms with van der Waals surface area (Å²) in [7, 11) is 3.55. The van der Waals surface area contributed by atoms with Gasteiger partial charge < -0.3 is 24.2 Å². The summed E-state index contributed by atoms with van der Waals surface area (Å²) in [4.78, 5) is 25.4. The number of likely N-dealkylation sites (tertiary alicyclic amines) is 1. The summed E-state index contributed by atoms with van der Waals surface area (Å²) in [6.07, 6.45) is 7.15. The molecule has 0 bridgehead atoms. The molecule has 4 atom stereocenters. The number of Topliss-reactive ketones (excluding diaryl/α,β-unsaturated/α-hetero) is 1. The molecule has 1 aromatic heterocycles. The van der Waals surface area contributed by atoms with Crippen LogP contribution in [0.1, 0.15) is 70.5 Å². The number of ketones is 1. The molecular formula is C26H37ClN4O6. The molecule has 3 heterocycles. The highest BCUT2D eigenvalue weighted by Crippen LogP contribution is 2.56. The van der Waals surface area contributed by atoms with E-state index in [0.29, 0.717) is 38.9 Å². The molecule has 1 aromatic rings. The quantitative estimate of drug-likeness (QED) is 0.250. The van der Waals surface area contributed by atoms with Crippen molar-refractivity contribution < 1.29 is 28.9 Å². The highest BCUT2D eigenvalue weighted by atomic mass is 35.5. The largest absolute Gasteiger partial charge is 0.489 e. The van der Waals surface area contributed by atoms with Crippen LogP contribution in [0.5, 0.6) is 11.6 Å². The Morgan fingerprint density at radius 2 is 1.89 bits per heavy atom. The van der Waals surface area contributed by atoms with Crippen molar-refractivity contribution in [3.63, 3.8) is 0 Å². The van der Waals surface area contributed by atoms with E-state index in [1.165, 1.54) is 7.11 Å². The molecular weight excluding hydrogens is 500 g/mol. The van der Waals surface area contributed by atoms with E-state index >= 15 is 0 Å². The van der Waals surface area contributed by atoms with Gasteiger partial charge in [0.25, 0.3) is 5.88 Å². The van der Waals surface area contributed by atoms with E-state index in [1.54, 1.807) is 0 Å². The molecule has 2 spiro atoms. The Balaban J connectivity index is 1.47. The van der Waals surface area contributed by atoms with E-state index in [4.69, 9.17) is 30.5 Å². The Labute approximate surface area is 222 Å². The van der Waals surface area contributed by atoms with E-state index in [2.05, 4.69) is 27.1 Å². The lowest BCUT2D eigenvalue weighted by Crippen LogP contribution is -2.60. The zero-order chi connectivity index (χ0) is 26.2. The first-order chi connectivity index (χ1) is 17.9. The van der Waals surface area contributed by atoms with Crippen molar-refractivity contribution in [2.24, 2.45) is 16.5 Å². The van der Waals surface area contributed by atoms with Crippen molar-refractivity contribution in [2.75, 3.05) is 33.9 Å². The molecule has 2 saturated carbocycles. The lowest BCUT2D eigenvalue weighted by Gasteiger charge is -2.52. The summed E-state index contributed by atoms with van der Waals surface area (Å²) in [5.41, 5.74) is -0.694. The summed E-state index contributed by atoms with van der Waals surface area (Å²) < 4.78 is 24.0. The molecule has 1 N–H and O–H groups in total. The second-order valence-corrected chi connectivity index (χ2v) is 11.1. The number of hydrogen-bond donors (Lipinski definition) is 1. The van der Waals surface area contributed by atoms with Gasteiger partial charge in [-0.25, -0.2) is 4.98 Å². The Morgan fingerprint density at radius 1 is 1.16 bits per heavy atom. The van der Waals surface area contributed by atoms with Crippen molar-refractivity contribution in [1.82, 2.24) is 14.9 Å². The van der Waals surface area contributed by atoms with Crippen LogP contribution < -0.4 is 9.47 Å². The summed E-state index contributed by atoms with van der Waals surface area (Å²) in [6, 6.07) is 0.224. The lowest BCUT2D eigenvalue weighted by molar-refractivity contribution is -0.255. The first-order valence-electron chi connectivity index (χ1n) is 13.4. The third-order valence-electron chi connectivity index (χ3n) is 8.81. The van der Waals surface area contributed by atoms with Crippen molar-refractivity contribution in [3.05, 3.63) is 11.0 Å². The molecule has 4 fully saturated rings. The molecule has 2 aliphatic heterocycles. The van der Waals surface area contributed by atoms with Crippen LogP contribution in [0.3, 0.4) is 0 Å². The van der Waals surface area contributed by atoms with E-state index in [9.17, 15) is 10.0 Å². The first kappa shape index (κ1) is 26.6. The number of likely N-dealkylation sites (N-methyl/N-ethyl adjacent to an activating group) is 1. The number of carbonyl (C=O) groups is 1. The Hall–Kier alpha value is -2.01. The normalized spacial score (nSPS) is 31.2. The minimum absolute atomic E-state index is 0.0326. The van der Waals surface area contributed by atoms with Crippen LogP contribution in [0.4, 0.5) is 0 Å². The SMILES string of the molecule is COc1c(Cl)nc(/C(=N/O)C2CCC[C@@]3(CCCCC34OCCO4)C2=O)nc1O[C@@H](C)[C@@H]1CCCN1C. The van der Waals surface area contributed by atoms with Gasteiger partial charge in [0.1, 0.15) is 11.8 Å². The van der Waals surface area contributed by atoms with Gasteiger partial charge in [-0.15, -0.1) is 0 Å². The van der Waals surface area contributed by atoms with Gasteiger partial charge in [-0.1, -0.05) is 29.6 Å². The predicted octanol–water partition coefficient (Wildman–Crippen LogP) is 3.85. The van der Waals surface area contributed by atoms with Crippen molar-refractivity contribution >= 4 is 23.1 Å². The van der Waals surface area contributed by atoms with Gasteiger partial charge in [-0.2, -0.15) is 4.98 Å². The number of ether oxygens (including phenoxy) is 4. The van der Waals surface area contributed by atoms with Crippen molar-refractivity contribution in [1.29, 1.82) is 0 Å². The van der Waals surface area contributed by atoms with Crippen LogP contribution in [-0.4, -0.2) is 83.4 Å². The smallest absolute Gasteiger partial charge is 0.262 e. The van der Waals surface area contributed by atoms with E-state index < -0.39 is 17.1 Å². The van der Waals surface area contributed by atoms with E-state index in [1.807, 2.05) is 6.92 Å². The fraction of sp³-hybridized carbons (Fsp3) is 0.769. The minimum Gasteiger partial charge on any atom is -0.489 e. The molecule has 0 aromatic carbocycles. The van der Waals surface area contributed by atoms with Crippen LogP contribution in [-0.2, 0) is 14.3 Å². The number of aromatic nitrogens is 2. The summed E-state index contributed by atoms with van der Waals surface area (Å²) in [5, 5.41) is 13.8. The monoisotopic (exact) mass is 536 g/mol. The molecule has 0 amide bonds. The number of nitrogens with zero attached hydrogens (tertiary/aromatic N) is 4. The zero-order valence-electron chi connectivity index (χ0n) is 21.9. The molecule has 11 heteroatoms. The average Bonchev–Trinajstić information content (AvgIpc) is 3.53. The third kappa shape index (κ3) is 4.49. The molecule has 0 radical (unpaired) electrons. The van der Waals surface area contributed by atoms with Crippen molar-refractivity contribution in [3.8, 4) is 11.6 Å². The Morgan fingerprint density at radius 3 is 2.57 bits per heavy atom. The van der Waals surface area contributed by atoms with Crippen LogP contribution in [0, 0.1) is 11.3 Å². The highest BCUT2D eigenvalue weighted by Gasteiger charge is 2.63. The third-order valence-corrected chi connectivity index (χ3v) is 9.06. The van der Waals surface area contributed by atoms with Crippen molar-refractivity contribution in [2.45, 2.75) is 82.6 Å².